The lowest BCUT2D eigenvalue weighted by Gasteiger charge is -2.03. The molecule has 6 nitrogen and oxygen atoms in total. The number of halogens is 2. The van der Waals surface area contributed by atoms with Crippen molar-refractivity contribution in [3.63, 3.8) is 0 Å². The van der Waals surface area contributed by atoms with Crippen molar-refractivity contribution < 1.29 is 22.8 Å². The van der Waals surface area contributed by atoms with Crippen LogP contribution in [0.4, 0.5) is 4.39 Å². The zero-order valence-corrected chi connectivity index (χ0v) is 13.8. The number of hydrogen-bond acceptors (Lipinski definition) is 7. The van der Waals surface area contributed by atoms with Gasteiger partial charge in [-0.25, -0.2) is 4.39 Å². The van der Waals surface area contributed by atoms with E-state index in [4.69, 9.17) is 13.6 Å². The van der Waals surface area contributed by atoms with Gasteiger partial charge in [0.2, 0.25) is 0 Å². The normalized spacial score (nSPS) is 10.7. The van der Waals surface area contributed by atoms with E-state index < -0.39 is 5.82 Å². The molecule has 2 aromatic heterocycles. The quantitative estimate of drug-likeness (QED) is 0.578. The van der Waals surface area contributed by atoms with Crippen LogP contribution < -0.4 is 4.74 Å². The van der Waals surface area contributed by atoms with Crippen LogP contribution in [-0.2, 0) is 6.61 Å². The number of rotatable bonds is 6. The zero-order chi connectivity index (χ0) is 16.2. The fourth-order valence-electron chi connectivity index (χ4n) is 1.62. The van der Waals surface area contributed by atoms with Gasteiger partial charge in [-0.3, -0.25) is 4.79 Å². The van der Waals surface area contributed by atoms with Crippen LogP contribution in [0.25, 0.3) is 0 Å². The summed E-state index contributed by atoms with van der Waals surface area (Å²) >= 11 is 4.32. The molecule has 2 heterocycles. The predicted molar refractivity (Wildman–Crippen MR) is 80.9 cm³/mol. The van der Waals surface area contributed by atoms with E-state index in [1.54, 1.807) is 12.1 Å². The summed E-state index contributed by atoms with van der Waals surface area (Å²) in [6.07, 6.45) is 0.594. The maximum atomic E-state index is 13.4. The second-order valence-corrected chi connectivity index (χ2v) is 5.96. The molecular formula is C14H8BrFN2O4S. The molecule has 0 saturated carbocycles. The van der Waals surface area contributed by atoms with E-state index in [-0.39, 0.29) is 29.2 Å². The summed E-state index contributed by atoms with van der Waals surface area (Å²) in [5.41, 5.74) is 0. The van der Waals surface area contributed by atoms with Gasteiger partial charge in [0.05, 0.1) is 4.47 Å². The average Bonchev–Trinajstić information content (AvgIpc) is 3.14. The number of benzene rings is 1. The van der Waals surface area contributed by atoms with Crippen LogP contribution in [-0.4, -0.2) is 16.5 Å². The van der Waals surface area contributed by atoms with Gasteiger partial charge < -0.3 is 13.6 Å². The van der Waals surface area contributed by atoms with Crippen LogP contribution in [0.15, 0.2) is 54.0 Å². The lowest BCUT2D eigenvalue weighted by molar-refractivity contribution is 0.109. The molecule has 0 spiro atoms. The van der Waals surface area contributed by atoms with Crippen LogP contribution in [0.3, 0.4) is 0 Å². The molecule has 0 saturated heterocycles. The van der Waals surface area contributed by atoms with Crippen molar-refractivity contribution >= 4 is 34.0 Å². The average molecular weight is 399 g/mol. The van der Waals surface area contributed by atoms with Crippen molar-refractivity contribution in [2.24, 2.45) is 0 Å². The van der Waals surface area contributed by atoms with Crippen LogP contribution in [0.5, 0.6) is 5.75 Å². The molecule has 0 amide bonds. The maximum Gasteiger partial charge on any atom is 0.284 e. The highest BCUT2D eigenvalue weighted by Crippen LogP contribution is 2.34. The highest BCUT2D eigenvalue weighted by atomic mass is 79.9. The summed E-state index contributed by atoms with van der Waals surface area (Å²) < 4.78 is 29.9. The number of furan rings is 1. The third kappa shape index (κ3) is 3.80. The second kappa shape index (κ2) is 6.97. The number of ether oxygens (including phenoxy) is 1. The van der Waals surface area contributed by atoms with Gasteiger partial charge in [-0.1, -0.05) is 12.1 Å². The van der Waals surface area contributed by atoms with Gasteiger partial charge in [0.15, 0.2) is 35.3 Å². The highest BCUT2D eigenvalue weighted by molar-refractivity contribution is 9.10. The molecule has 0 unspecified atom stereocenters. The summed E-state index contributed by atoms with van der Waals surface area (Å²) in [4.78, 5) is 10.7. The van der Waals surface area contributed by atoms with Gasteiger partial charge >= 0.3 is 0 Å². The molecule has 0 aliphatic carbocycles. The van der Waals surface area contributed by atoms with Gasteiger partial charge in [-0.2, -0.15) is 0 Å². The molecule has 0 N–H and O–H groups in total. The minimum Gasteiger partial charge on any atom is -0.481 e. The Labute approximate surface area is 142 Å². The van der Waals surface area contributed by atoms with Crippen molar-refractivity contribution in [1.29, 1.82) is 0 Å². The Balaban J connectivity index is 1.65. The van der Waals surface area contributed by atoms with Gasteiger partial charge in [-0.15, -0.1) is 10.2 Å². The fraction of sp³-hybridized carbons (Fsp3) is 0.0714. The lowest BCUT2D eigenvalue weighted by Crippen LogP contribution is -1.97. The molecule has 0 aliphatic heterocycles. The van der Waals surface area contributed by atoms with E-state index in [0.717, 1.165) is 11.8 Å². The Morgan fingerprint density at radius 2 is 2.13 bits per heavy atom. The van der Waals surface area contributed by atoms with Gasteiger partial charge in [0.1, 0.15) is 0 Å². The summed E-state index contributed by atoms with van der Waals surface area (Å²) in [5.74, 6) is 0.00266. The van der Waals surface area contributed by atoms with E-state index in [9.17, 15) is 9.18 Å². The van der Waals surface area contributed by atoms with Crippen LogP contribution in [0, 0.1) is 5.82 Å². The fourth-order valence-corrected chi connectivity index (χ4v) is 2.84. The molecule has 1 aromatic carbocycles. The van der Waals surface area contributed by atoms with Crippen molar-refractivity contribution in [2.75, 3.05) is 0 Å². The predicted octanol–water partition coefficient (Wildman–Crippen LogP) is 4.11. The molecule has 0 atom stereocenters. The van der Waals surface area contributed by atoms with E-state index >= 15 is 0 Å². The first-order valence-electron chi connectivity index (χ1n) is 6.28. The molecule has 118 valence electrons. The van der Waals surface area contributed by atoms with E-state index in [1.165, 1.54) is 18.2 Å². The maximum absolute atomic E-state index is 13.4. The van der Waals surface area contributed by atoms with E-state index in [1.807, 2.05) is 0 Å². The number of aromatic nitrogens is 2. The van der Waals surface area contributed by atoms with Gasteiger partial charge in [0.25, 0.3) is 11.1 Å². The number of para-hydroxylation sites is 1. The van der Waals surface area contributed by atoms with Crippen molar-refractivity contribution in [1.82, 2.24) is 10.2 Å². The first-order valence-corrected chi connectivity index (χ1v) is 7.88. The first kappa shape index (κ1) is 15.8. The Kier molecular flexibility index (Phi) is 4.77. The molecule has 0 bridgehead atoms. The Morgan fingerprint density at radius 1 is 1.30 bits per heavy atom. The third-order valence-electron chi connectivity index (χ3n) is 2.61. The molecule has 0 radical (unpaired) electrons. The Hall–Kier alpha value is -2.13. The van der Waals surface area contributed by atoms with Gasteiger partial charge in [-0.05, 0) is 28.1 Å². The Morgan fingerprint density at radius 3 is 2.87 bits per heavy atom. The highest BCUT2D eigenvalue weighted by Gasteiger charge is 2.15. The smallest absolute Gasteiger partial charge is 0.284 e. The molecule has 0 fully saturated rings. The van der Waals surface area contributed by atoms with Gasteiger partial charge in [0, 0.05) is 17.8 Å². The van der Waals surface area contributed by atoms with E-state index in [2.05, 4.69) is 26.1 Å². The van der Waals surface area contributed by atoms with Crippen molar-refractivity contribution in [3.8, 4) is 5.75 Å². The zero-order valence-electron chi connectivity index (χ0n) is 11.4. The standard InChI is InChI=1S/C14H8BrFN2O4S/c15-9-5-8(6-19)21-13(9)23-14-18-17-12(22-14)7-20-11-4-2-1-3-10(11)16/h1-6H,7H2. The van der Waals surface area contributed by atoms with Crippen LogP contribution >= 0.6 is 27.7 Å². The SMILES string of the molecule is O=Cc1cc(Br)c(Sc2nnc(COc3ccccc3F)o2)o1. The van der Waals surface area contributed by atoms with Crippen LogP contribution in [0.2, 0.25) is 0 Å². The van der Waals surface area contributed by atoms with Crippen LogP contribution in [0.1, 0.15) is 16.4 Å². The molecular weight excluding hydrogens is 391 g/mol. The van der Waals surface area contributed by atoms with Crippen molar-refractivity contribution in [2.45, 2.75) is 16.9 Å². The molecule has 0 aliphatic rings. The summed E-state index contributed by atoms with van der Waals surface area (Å²) in [7, 11) is 0. The lowest BCUT2D eigenvalue weighted by atomic mass is 10.3. The third-order valence-corrected chi connectivity index (χ3v) is 4.29. The molecule has 23 heavy (non-hydrogen) atoms. The Bertz CT molecular complexity index is 836. The van der Waals surface area contributed by atoms with E-state index in [0.29, 0.717) is 15.9 Å². The first-order chi connectivity index (χ1) is 11.2. The number of nitrogens with zero attached hydrogens (tertiary/aromatic N) is 2. The monoisotopic (exact) mass is 398 g/mol. The number of aldehydes is 1. The molecule has 3 rings (SSSR count). The minimum atomic E-state index is -0.470. The molecule has 3 aromatic rings. The summed E-state index contributed by atoms with van der Waals surface area (Å²) in [6.45, 7) is -0.0621. The molecule has 9 heteroatoms. The summed E-state index contributed by atoms with van der Waals surface area (Å²) in [5, 5.41) is 8.25. The van der Waals surface area contributed by atoms with Crippen molar-refractivity contribution in [3.05, 3.63) is 52.3 Å². The summed E-state index contributed by atoms with van der Waals surface area (Å²) in [6, 6.07) is 7.56. The number of hydrogen-bond donors (Lipinski definition) is 0. The largest absolute Gasteiger partial charge is 0.481 e. The topological polar surface area (TPSA) is 78.4 Å². The number of carbonyl (C=O) groups excluding carboxylic acids is 1. The minimum absolute atomic E-state index is 0.0621. The second-order valence-electron chi connectivity index (χ2n) is 4.18. The number of carbonyl (C=O) groups is 1.